The second-order valence-corrected chi connectivity index (χ2v) is 22.4. The van der Waals surface area contributed by atoms with Crippen LogP contribution in [0.1, 0.15) is 79.0 Å². The molecule has 330 valence electrons. The number of fused-ring (bicyclic) bond motifs is 17. The van der Waals surface area contributed by atoms with Crippen molar-refractivity contribution in [3.63, 3.8) is 0 Å². The highest BCUT2D eigenvalue weighted by Crippen LogP contribution is 2.53. The van der Waals surface area contributed by atoms with Gasteiger partial charge in [-0.2, -0.15) is 0 Å². The van der Waals surface area contributed by atoms with Crippen molar-refractivity contribution in [3.05, 3.63) is 156 Å². The first kappa shape index (κ1) is 39.6. The minimum Gasteiger partial charge on any atom is -0.456 e. The van der Waals surface area contributed by atoms with Gasteiger partial charge in [-0.05, 0) is 105 Å². The SMILES string of the molecule is CC(C)(C)c1ccc(N2B3c4cc5nc(-c6ccccc6)oc5cc4-n4c5ccc(C(C)(C)C)cc5c5c6c(oc7ccccc76)c(c3c54)-c3cc4c(cc32)oc2cc(C(C)(C)C)ccc24)cc1. The lowest BCUT2D eigenvalue weighted by atomic mass is 9.43. The van der Waals surface area contributed by atoms with Crippen LogP contribution in [0.3, 0.4) is 0 Å². The number of rotatable bonds is 2. The van der Waals surface area contributed by atoms with Gasteiger partial charge in [0.05, 0.1) is 11.0 Å². The molecular formula is C61H50BN3O3. The van der Waals surface area contributed by atoms with Gasteiger partial charge in [0.25, 0.3) is 0 Å². The normalized spacial score (nSPS) is 13.9. The molecule has 14 rings (SSSR count). The van der Waals surface area contributed by atoms with Crippen molar-refractivity contribution in [2.75, 3.05) is 4.81 Å². The minimum atomic E-state index is -0.289. The predicted octanol–water partition coefficient (Wildman–Crippen LogP) is 15.5. The fraction of sp³-hybridized carbons (Fsp3) is 0.197. The Bertz CT molecular complexity index is 4140. The minimum absolute atomic E-state index is 0.0182. The van der Waals surface area contributed by atoms with Gasteiger partial charge >= 0.3 is 6.85 Å². The molecule has 0 saturated carbocycles. The third-order valence-corrected chi connectivity index (χ3v) is 15.1. The van der Waals surface area contributed by atoms with Gasteiger partial charge in [-0.1, -0.05) is 129 Å². The van der Waals surface area contributed by atoms with Gasteiger partial charge < -0.3 is 22.6 Å². The van der Waals surface area contributed by atoms with Crippen LogP contribution >= 0.6 is 0 Å². The van der Waals surface area contributed by atoms with Crippen molar-refractivity contribution < 1.29 is 13.3 Å². The van der Waals surface area contributed by atoms with Crippen LogP contribution in [0.5, 0.6) is 0 Å². The molecule has 0 spiro atoms. The summed E-state index contributed by atoms with van der Waals surface area (Å²) in [5.41, 5.74) is 19.9. The molecule has 2 aliphatic rings. The topological polar surface area (TPSA) is 60.5 Å². The Morgan fingerprint density at radius 1 is 0.500 bits per heavy atom. The molecule has 6 nitrogen and oxygen atoms in total. The van der Waals surface area contributed by atoms with Crippen molar-refractivity contribution in [2.24, 2.45) is 0 Å². The Morgan fingerprint density at radius 2 is 1.18 bits per heavy atom. The lowest BCUT2D eigenvalue weighted by Gasteiger charge is -2.42. The molecule has 0 atom stereocenters. The Balaban J connectivity index is 1.19. The summed E-state index contributed by atoms with van der Waals surface area (Å²) in [7, 11) is 0. The van der Waals surface area contributed by atoms with E-state index in [4.69, 9.17) is 18.2 Å². The fourth-order valence-corrected chi connectivity index (χ4v) is 11.5. The molecule has 8 aromatic carbocycles. The van der Waals surface area contributed by atoms with E-state index in [1.54, 1.807) is 0 Å². The summed E-state index contributed by atoms with van der Waals surface area (Å²) in [5, 5.41) is 6.85. The maximum atomic E-state index is 7.30. The molecule has 6 heterocycles. The summed E-state index contributed by atoms with van der Waals surface area (Å²) >= 11 is 0. The van der Waals surface area contributed by atoms with E-state index >= 15 is 0 Å². The zero-order valence-corrected chi connectivity index (χ0v) is 39.9. The van der Waals surface area contributed by atoms with Gasteiger partial charge in [0.15, 0.2) is 5.58 Å². The van der Waals surface area contributed by atoms with Crippen molar-refractivity contribution in [1.82, 2.24) is 9.55 Å². The van der Waals surface area contributed by atoms with Crippen LogP contribution in [0, 0.1) is 0 Å². The van der Waals surface area contributed by atoms with Gasteiger partial charge in [0.2, 0.25) is 5.89 Å². The molecule has 0 N–H and O–H groups in total. The Labute approximate surface area is 394 Å². The first-order valence-electron chi connectivity index (χ1n) is 24.0. The number of furan rings is 2. The van der Waals surface area contributed by atoms with Crippen LogP contribution in [0.15, 0.2) is 153 Å². The number of hydrogen-bond acceptors (Lipinski definition) is 5. The van der Waals surface area contributed by atoms with Gasteiger partial charge in [-0.15, -0.1) is 0 Å². The van der Waals surface area contributed by atoms with E-state index in [9.17, 15) is 0 Å². The lowest BCUT2D eigenvalue weighted by Crippen LogP contribution is -2.60. The molecule has 0 amide bonds. The molecule has 0 unspecified atom stereocenters. The smallest absolute Gasteiger partial charge is 0.333 e. The van der Waals surface area contributed by atoms with E-state index in [1.165, 1.54) is 38.4 Å². The van der Waals surface area contributed by atoms with Crippen molar-refractivity contribution in [2.45, 2.75) is 78.6 Å². The highest BCUT2D eigenvalue weighted by molar-refractivity contribution is 6.94. The van der Waals surface area contributed by atoms with Crippen LogP contribution in [-0.2, 0) is 16.2 Å². The highest BCUT2D eigenvalue weighted by Gasteiger charge is 2.47. The Kier molecular flexibility index (Phi) is 7.66. The zero-order valence-electron chi connectivity index (χ0n) is 39.9. The highest BCUT2D eigenvalue weighted by atomic mass is 16.3. The second kappa shape index (κ2) is 13.1. The molecule has 0 radical (unpaired) electrons. The number of benzene rings is 8. The third kappa shape index (κ3) is 5.38. The van der Waals surface area contributed by atoms with Gasteiger partial charge in [0.1, 0.15) is 27.8 Å². The van der Waals surface area contributed by atoms with Crippen LogP contribution in [0.2, 0.25) is 0 Å². The first-order chi connectivity index (χ1) is 32.6. The van der Waals surface area contributed by atoms with E-state index in [2.05, 4.69) is 193 Å². The zero-order chi connectivity index (χ0) is 46.3. The summed E-state index contributed by atoms with van der Waals surface area (Å²) in [5.74, 6) is 0.605. The van der Waals surface area contributed by atoms with Crippen LogP contribution in [0.4, 0.5) is 11.4 Å². The van der Waals surface area contributed by atoms with Gasteiger partial charge in [-0.25, -0.2) is 4.98 Å². The van der Waals surface area contributed by atoms with E-state index in [0.29, 0.717) is 5.89 Å². The number of nitrogens with zero attached hydrogens (tertiary/aromatic N) is 3. The van der Waals surface area contributed by atoms with Crippen molar-refractivity contribution >= 4 is 106 Å². The molecule has 7 heteroatoms. The summed E-state index contributed by atoms with van der Waals surface area (Å²) in [6.07, 6.45) is 0. The lowest BCUT2D eigenvalue weighted by molar-refractivity contribution is 0.587. The van der Waals surface area contributed by atoms with Gasteiger partial charge in [-0.3, -0.25) is 0 Å². The average Bonchev–Trinajstić information content (AvgIpc) is 4.09. The van der Waals surface area contributed by atoms with Crippen molar-refractivity contribution in [3.8, 4) is 28.3 Å². The number of para-hydroxylation sites is 1. The first-order valence-corrected chi connectivity index (χ1v) is 24.0. The monoisotopic (exact) mass is 883 g/mol. The maximum Gasteiger partial charge on any atom is 0.333 e. The van der Waals surface area contributed by atoms with E-state index in [1.807, 2.05) is 18.2 Å². The molecule has 12 aromatic rings. The van der Waals surface area contributed by atoms with Crippen LogP contribution < -0.4 is 15.7 Å². The van der Waals surface area contributed by atoms with E-state index in [0.717, 1.165) is 99.7 Å². The van der Waals surface area contributed by atoms with Crippen LogP contribution in [-0.4, -0.2) is 16.4 Å². The van der Waals surface area contributed by atoms with Crippen LogP contribution in [0.25, 0.3) is 105 Å². The number of hydrogen-bond donors (Lipinski definition) is 0. The Hall–Kier alpha value is -7.51. The molecule has 0 bridgehead atoms. The largest absolute Gasteiger partial charge is 0.456 e. The summed E-state index contributed by atoms with van der Waals surface area (Å²) < 4.78 is 23.5. The predicted molar refractivity (Wildman–Crippen MR) is 283 cm³/mol. The van der Waals surface area contributed by atoms with Crippen molar-refractivity contribution in [1.29, 1.82) is 0 Å². The summed E-state index contributed by atoms with van der Waals surface area (Å²) in [6, 6.07) is 51.1. The Morgan fingerprint density at radius 3 is 1.94 bits per heavy atom. The summed E-state index contributed by atoms with van der Waals surface area (Å²) in [6.45, 7) is 20.2. The summed E-state index contributed by atoms with van der Waals surface area (Å²) in [4.78, 5) is 7.78. The molecule has 2 aliphatic heterocycles. The van der Waals surface area contributed by atoms with E-state index < -0.39 is 0 Å². The van der Waals surface area contributed by atoms with E-state index in [-0.39, 0.29) is 23.1 Å². The standard InChI is InChI=1S/C61H50BN3O3/c1-59(2,3)34-19-23-37(24-20-34)65-46-31-50-40(38-25-21-36(61(7,8)9)28-49(38)66-50)29-42(46)54-55-56-52(53-39-17-13-14-18-48(39)67-57(53)54)41-27-35(60(4,5)6)22-26-45(41)64(56)47-32-51-44(30-43(47)62(55)65)63-58(68-51)33-15-11-10-12-16-33/h10-32H,1-9H3. The quantitative estimate of drug-likeness (QED) is 0.162. The average molecular weight is 884 g/mol. The number of aromatic nitrogens is 2. The molecule has 68 heavy (non-hydrogen) atoms. The van der Waals surface area contributed by atoms with Gasteiger partial charge in [0, 0.05) is 78.2 Å². The molecule has 0 fully saturated rings. The molecule has 4 aromatic heterocycles. The number of oxazole rings is 1. The molecule has 0 saturated heterocycles. The fourth-order valence-electron chi connectivity index (χ4n) is 11.5. The maximum absolute atomic E-state index is 7.30. The molecule has 0 aliphatic carbocycles. The molecular weight excluding hydrogens is 834 g/mol. The third-order valence-electron chi connectivity index (χ3n) is 15.1. The number of anilines is 2. The second-order valence-electron chi connectivity index (χ2n) is 22.4.